The van der Waals surface area contributed by atoms with Crippen LogP contribution in [-0.4, -0.2) is 26.7 Å². The van der Waals surface area contributed by atoms with Crippen molar-refractivity contribution >= 4 is 11.6 Å². The predicted octanol–water partition coefficient (Wildman–Crippen LogP) is 2.60. The molecule has 0 saturated heterocycles. The van der Waals surface area contributed by atoms with Gasteiger partial charge in [-0.3, -0.25) is 4.79 Å². The van der Waals surface area contributed by atoms with E-state index in [9.17, 15) is 4.79 Å². The van der Waals surface area contributed by atoms with Gasteiger partial charge >= 0.3 is 0 Å². The maximum Gasteiger partial charge on any atom is 0.255 e. The summed E-state index contributed by atoms with van der Waals surface area (Å²) in [6.45, 7) is 1.85. The Balaban J connectivity index is 1.79. The molecule has 1 aliphatic rings. The maximum atomic E-state index is 12.4. The number of hydrogen-bond donors (Lipinski definition) is 2. The second-order valence-corrected chi connectivity index (χ2v) is 5.43. The van der Waals surface area contributed by atoms with Crippen LogP contribution in [-0.2, 0) is 13.0 Å². The highest BCUT2D eigenvalue weighted by Crippen LogP contribution is 2.28. The van der Waals surface area contributed by atoms with Crippen LogP contribution in [0.15, 0.2) is 36.4 Å². The fourth-order valence-electron chi connectivity index (χ4n) is 2.74. The van der Waals surface area contributed by atoms with Crippen molar-refractivity contribution in [3.05, 3.63) is 53.1 Å². The molecule has 5 nitrogen and oxygen atoms in total. The Labute approximate surface area is 135 Å². The van der Waals surface area contributed by atoms with Crippen LogP contribution in [0.4, 0.5) is 5.69 Å². The lowest BCUT2D eigenvalue weighted by molar-refractivity contribution is 0.102. The Morgan fingerprint density at radius 1 is 1.04 bits per heavy atom. The zero-order chi connectivity index (χ0) is 16.2. The van der Waals surface area contributed by atoms with Crippen LogP contribution in [0.5, 0.6) is 11.5 Å². The van der Waals surface area contributed by atoms with E-state index in [1.807, 2.05) is 12.1 Å². The van der Waals surface area contributed by atoms with Crippen LogP contribution in [0.2, 0.25) is 0 Å². The number of amides is 1. The largest absolute Gasteiger partial charge is 0.493 e. The SMILES string of the molecule is COc1ccc(C(=O)Nc2ccc3c(c2)CNCC3)cc1OC. The van der Waals surface area contributed by atoms with Gasteiger partial charge in [-0.2, -0.15) is 0 Å². The van der Waals surface area contributed by atoms with Crippen molar-refractivity contribution in [2.24, 2.45) is 0 Å². The van der Waals surface area contributed by atoms with E-state index in [-0.39, 0.29) is 5.91 Å². The summed E-state index contributed by atoms with van der Waals surface area (Å²) in [7, 11) is 3.12. The molecule has 1 amide bonds. The molecule has 0 unspecified atom stereocenters. The van der Waals surface area contributed by atoms with Crippen LogP contribution in [0, 0.1) is 0 Å². The minimum Gasteiger partial charge on any atom is -0.493 e. The fourth-order valence-corrected chi connectivity index (χ4v) is 2.74. The zero-order valence-corrected chi connectivity index (χ0v) is 13.3. The zero-order valence-electron chi connectivity index (χ0n) is 13.3. The standard InChI is InChI=1S/C18H20N2O3/c1-22-16-6-4-13(10-17(16)23-2)18(21)20-15-5-3-12-7-8-19-11-14(12)9-15/h3-6,9-10,19H,7-8,11H2,1-2H3,(H,20,21). The van der Waals surface area contributed by atoms with E-state index in [1.54, 1.807) is 32.4 Å². The van der Waals surface area contributed by atoms with Gasteiger partial charge in [-0.25, -0.2) is 0 Å². The number of nitrogens with one attached hydrogen (secondary N) is 2. The third-order valence-electron chi connectivity index (χ3n) is 4.00. The molecule has 0 saturated carbocycles. The van der Waals surface area contributed by atoms with Crippen LogP contribution in [0.1, 0.15) is 21.5 Å². The summed E-state index contributed by atoms with van der Waals surface area (Å²) >= 11 is 0. The number of rotatable bonds is 4. The number of methoxy groups -OCH3 is 2. The molecule has 3 rings (SSSR count). The first kappa shape index (κ1) is 15.4. The first-order valence-corrected chi connectivity index (χ1v) is 7.57. The lowest BCUT2D eigenvalue weighted by atomic mass is 10.0. The molecule has 0 spiro atoms. The number of ether oxygens (including phenoxy) is 2. The molecular weight excluding hydrogens is 292 g/mol. The van der Waals surface area contributed by atoms with Gasteiger partial charge in [0.05, 0.1) is 14.2 Å². The highest BCUT2D eigenvalue weighted by atomic mass is 16.5. The first-order valence-electron chi connectivity index (χ1n) is 7.57. The molecule has 2 aromatic rings. The summed E-state index contributed by atoms with van der Waals surface area (Å²) in [5.74, 6) is 0.966. The van der Waals surface area contributed by atoms with E-state index in [4.69, 9.17) is 9.47 Å². The number of hydrogen-bond acceptors (Lipinski definition) is 4. The number of carbonyl (C=O) groups excluding carboxylic acids is 1. The van der Waals surface area contributed by atoms with Crippen LogP contribution >= 0.6 is 0 Å². The summed E-state index contributed by atoms with van der Waals surface area (Å²) in [6.07, 6.45) is 1.03. The van der Waals surface area contributed by atoms with E-state index in [1.165, 1.54) is 11.1 Å². The lowest BCUT2D eigenvalue weighted by Crippen LogP contribution is -2.23. The van der Waals surface area contributed by atoms with Gasteiger partial charge in [0.15, 0.2) is 11.5 Å². The number of anilines is 1. The van der Waals surface area contributed by atoms with Crippen molar-refractivity contribution in [2.45, 2.75) is 13.0 Å². The fraction of sp³-hybridized carbons (Fsp3) is 0.278. The van der Waals surface area contributed by atoms with Gasteiger partial charge in [0.1, 0.15) is 0 Å². The summed E-state index contributed by atoms with van der Waals surface area (Å²) in [5.41, 5.74) is 3.90. The number of benzene rings is 2. The molecule has 0 aliphatic carbocycles. The van der Waals surface area contributed by atoms with Gasteiger partial charge in [0, 0.05) is 17.8 Å². The average Bonchev–Trinajstić information content (AvgIpc) is 2.60. The molecule has 5 heteroatoms. The molecule has 0 fully saturated rings. The second-order valence-electron chi connectivity index (χ2n) is 5.43. The molecule has 0 radical (unpaired) electrons. The average molecular weight is 312 g/mol. The minimum atomic E-state index is -0.172. The van der Waals surface area contributed by atoms with Gasteiger partial charge < -0.3 is 20.1 Å². The summed E-state index contributed by atoms with van der Waals surface area (Å²) in [5, 5.41) is 6.27. The Morgan fingerprint density at radius 3 is 2.65 bits per heavy atom. The van der Waals surface area contributed by atoms with Crippen LogP contribution in [0.25, 0.3) is 0 Å². The number of carbonyl (C=O) groups is 1. The van der Waals surface area contributed by atoms with Gasteiger partial charge in [-0.05, 0) is 54.4 Å². The molecule has 23 heavy (non-hydrogen) atoms. The van der Waals surface area contributed by atoms with Crippen molar-refractivity contribution < 1.29 is 14.3 Å². The molecule has 2 N–H and O–H groups in total. The van der Waals surface area contributed by atoms with Crippen LogP contribution < -0.4 is 20.1 Å². The minimum absolute atomic E-state index is 0.172. The van der Waals surface area contributed by atoms with Gasteiger partial charge in [-0.1, -0.05) is 6.07 Å². The third kappa shape index (κ3) is 3.29. The highest BCUT2D eigenvalue weighted by molar-refractivity contribution is 6.04. The molecule has 1 heterocycles. The van der Waals surface area contributed by atoms with Gasteiger partial charge in [0.25, 0.3) is 5.91 Å². The molecule has 0 aromatic heterocycles. The Hall–Kier alpha value is -2.53. The molecule has 1 aliphatic heterocycles. The maximum absolute atomic E-state index is 12.4. The highest BCUT2D eigenvalue weighted by Gasteiger charge is 2.13. The second kappa shape index (κ2) is 6.71. The topological polar surface area (TPSA) is 59.6 Å². The quantitative estimate of drug-likeness (QED) is 0.911. The van der Waals surface area contributed by atoms with Crippen molar-refractivity contribution in [1.82, 2.24) is 5.32 Å². The monoisotopic (exact) mass is 312 g/mol. The molecule has 0 bridgehead atoms. The molecule has 0 atom stereocenters. The van der Waals surface area contributed by atoms with Crippen molar-refractivity contribution in [3.8, 4) is 11.5 Å². The van der Waals surface area contributed by atoms with E-state index >= 15 is 0 Å². The molecular formula is C18H20N2O3. The van der Waals surface area contributed by atoms with E-state index in [0.29, 0.717) is 17.1 Å². The van der Waals surface area contributed by atoms with Gasteiger partial charge in [-0.15, -0.1) is 0 Å². The first-order chi connectivity index (χ1) is 11.2. The Bertz CT molecular complexity index is 728. The van der Waals surface area contributed by atoms with E-state index in [2.05, 4.69) is 16.7 Å². The summed E-state index contributed by atoms with van der Waals surface area (Å²) in [6, 6.07) is 11.2. The normalized spacial score (nSPS) is 13.1. The van der Waals surface area contributed by atoms with Crippen molar-refractivity contribution in [3.63, 3.8) is 0 Å². The van der Waals surface area contributed by atoms with Crippen molar-refractivity contribution in [2.75, 3.05) is 26.1 Å². The number of fused-ring (bicyclic) bond motifs is 1. The van der Waals surface area contributed by atoms with Crippen LogP contribution in [0.3, 0.4) is 0 Å². The Kier molecular flexibility index (Phi) is 4.48. The predicted molar refractivity (Wildman–Crippen MR) is 89.4 cm³/mol. The lowest BCUT2D eigenvalue weighted by Gasteiger charge is -2.18. The van der Waals surface area contributed by atoms with Crippen molar-refractivity contribution in [1.29, 1.82) is 0 Å². The molecule has 2 aromatic carbocycles. The van der Waals surface area contributed by atoms with E-state index in [0.717, 1.165) is 25.2 Å². The van der Waals surface area contributed by atoms with E-state index < -0.39 is 0 Å². The smallest absolute Gasteiger partial charge is 0.255 e. The summed E-state index contributed by atoms with van der Waals surface area (Å²) in [4.78, 5) is 12.4. The Morgan fingerprint density at radius 2 is 1.87 bits per heavy atom. The van der Waals surface area contributed by atoms with Gasteiger partial charge in [0.2, 0.25) is 0 Å². The third-order valence-corrected chi connectivity index (χ3v) is 4.00. The summed E-state index contributed by atoms with van der Waals surface area (Å²) < 4.78 is 10.4. The molecule has 120 valence electrons.